The van der Waals surface area contributed by atoms with Crippen LogP contribution in [0.1, 0.15) is 40.0 Å². The molecule has 0 bridgehead atoms. The fraction of sp³-hybridized carbons (Fsp3) is 1.00. The topological polar surface area (TPSA) is 29.5 Å². The van der Waals surface area contributed by atoms with Gasteiger partial charge in [-0.15, -0.1) is 0 Å². The van der Waals surface area contributed by atoms with Crippen LogP contribution < -0.4 is 0 Å². The third kappa shape index (κ3) is 3.50. The van der Waals surface area contributed by atoms with Crippen LogP contribution in [0, 0.1) is 0 Å². The number of hydrogen-bond donors (Lipinski definition) is 1. The fourth-order valence-corrected chi connectivity index (χ4v) is 1.41. The maximum absolute atomic E-state index is 8.57. The Hall–Kier alpha value is 0.350. The maximum atomic E-state index is 8.57. The molecule has 0 amide bonds. The molecule has 0 aliphatic heterocycles. The Morgan fingerprint density at radius 3 is 2.40 bits per heavy atom. The van der Waals surface area contributed by atoms with Gasteiger partial charge in [0.15, 0.2) is 9.03 Å². The fourth-order valence-electron chi connectivity index (χ4n) is 0.939. The van der Waals surface area contributed by atoms with Crippen LogP contribution in [0.15, 0.2) is 0 Å². The molecule has 0 aromatic heterocycles. The van der Waals surface area contributed by atoms with Gasteiger partial charge < -0.3 is 9.42 Å². The van der Waals surface area contributed by atoms with Crippen molar-refractivity contribution < 1.29 is 9.42 Å². The molecule has 0 saturated carbocycles. The minimum Gasteiger partial charge on any atom is -0.352 e. The lowest BCUT2D eigenvalue weighted by molar-refractivity contribution is 0.0833. The molecule has 2 nitrogen and oxygen atoms in total. The quantitative estimate of drug-likeness (QED) is 0.632. The Morgan fingerprint density at radius 1 is 1.50 bits per heavy atom. The summed E-state index contributed by atoms with van der Waals surface area (Å²) in [5.41, 5.74) is -0.0953. The summed E-state index contributed by atoms with van der Waals surface area (Å²) in [4.78, 5) is 8.57. The third-order valence-corrected chi connectivity index (χ3v) is 2.40. The first-order valence-corrected chi connectivity index (χ1v) is 4.61. The van der Waals surface area contributed by atoms with Gasteiger partial charge in [-0.1, -0.05) is 20.3 Å². The predicted octanol–water partition coefficient (Wildman–Crippen LogP) is 2.47. The third-order valence-electron chi connectivity index (χ3n) is 1.82. The Labute approximate surface area is 64.9 Å². The van der Waals surface area contributed by atoms with Gasteiger partial charge in [-0.05, 0) is 19.8 Å². The van der Waals surface area contributed by atoms with Crippen molar-refractivity contribution in [3.63, 3.8) is 0 Å². The molecule has 0 radical (unpaired) electrons. The van der Waals surface area contributed by atoms with E-state index in [2.05, 4.69) is 13.8 Å². The minimum atomic E-state index is -0.374. The molecular formula is C7H17O2P. The van der Waals surface area contributed by atoms with E-state index in [0.29, 0.717) is 0 Å². The summed E-state index contributed by atoms with van der Waals surface area (Å²) in [6, 6.07) is 0. The van der Waals surface area contributed by atoms with Crippen molar-refractivity contribution in [2.45, 2.75) is 45.6 Å². The van der Waals surface area contributed by atoms with Gasteiger partial charge in [0.25, 0.3) is 0 Å². The van der Waals surface area contributed by atoms with Crippen molar-refractivity contribution in [2.75, 3.05) is 0 Å². The first kappa shape index (κ1) is 10.3. The molecule has 0 aromatic carbocycles. The molecule has 0 aromatic rings. The van der Waals surface area contributed by atoms with Crippen LogP contribution in [0.5, 0.6) is 0 Å². The molecule has 1 N–H and O–H groups in total. The molecular weight excluding hydrogens is 147 g/mol. The second-order valence-electron chi connectivity index (χ2n) is 2.75. The monoisotopic (exact) mass is 164 g/mol. The Balaban J connectivity index is 3.69. The van der Waals surface area contributed by atoms with Crippen molar-refractivity contribution >= 4 is 9.03 Å². The van der Waals surface area contributed by atoms with Crippen molar-refractivity contribution in [2.24, 2.45) is 0 Å². The van der Waals surface area contributed by atoms with Crippen LogP contribution in [-0.2, 0) is 4.52 Å². The number of rotatable bonds is 5. The van der Waals surface area contributed by atoms with Crippen LogP contribution in [0.25, 0.3) is 0 Å². The van der Waals surface area contributed by atoms with E-state index in [4.69, 9.17) is 9.42 Å². The summed E-state index contributed by atoms with van der Waals surface area (Å²) >= 11 is 0. The second-order valence-corrected chi connectivity index (χ2v) is 3.13. The van der Waals surface area contributed by atoms with Crippen LogP contribution >= 0.6 is 9.03 Å². The van der Waals surface area contributed by atoms with Gasteiger partial charge in [-0.25, -0.2) is 0 Å². The van der Waals surface area contributed by atoms with Crippen molar-refractivity contribution in [3.05, 3.63) is 0 Å². The zero-order valence-corrected chi connectivity index (χ0v) is 7.98. The van der Waals surface area contributed by atoms with Gasteiger partial charge in [0.05, 0.1) is 5.60 Å². The highest BCUT2D eigenvalue weighted by Gasteiger charge is 2.20. The predicted molar refractivity (Wildman–Crippen MR) is 45.2 cm³/mol. The Kier molecular flexibility index (Phi) is 5.24. The summed E-state index contributed by atoms with van der Waals surface area (Å²) < 4.78 is 5.20. The molecule has 2 atom stereocenters. The highest BCUT2D eigenvalue weighted by molar-refractivity contribution is 7.25. The molecule has 0 heterocycles. The maximum Gasteiger partial charge on any atom is 0.152 e. The normalized spacial score (nSPS) is 18.0. The van der Waals surface area contributed by atoms with E-state index in [1.807, 2.05) is 6.92 Å². The highest BCUT2D eigenvalue weighted by atomic mass is 31.1. The molecule has 0 rings (SSSR count). The Bertz CT molecular complexity index is 79.7. The van der Waals surface area contributed by atoms with Crippen LogP contribution in [0.4, 0.5) is 0 Å². The van der Waals surface area contributed by atoms with Gasteiger partial charge in [-0.3, -0.25) is 0 Å². The standard InChI is InChI=1S/C7H17O2P/c1-4-6-7(3,5-2)9-10-8/h8,10H,4-6H2,1-3H3. The molecule has 10 heavy (non-hydrogen) atoms. The van der Waals surface area contributed by atoms with E-state index in [1.165, 1.54) is 0 Å². The average molecular weight is 164 g/mol. The van der Waals surface area contributed by atoms with Crippen molar-refractivity contribution in [1.29, 1.82) is 0 Å². The number of hydrogen-bond acceptors (Lipinski definition) is 2. The van der Waals surface area contributed by atoms with E-state index in [9.17, 15) is 0 Å². The van der Waals surface area contributed by atoms with Gasteiger partial charge in [-0.2, -0.15) is 0 Å². The van der Waals surface area contributed by atoms with Crippen LogP contribution in [0.3, 0.4) is 0 Å². The van der Waals surface area contributed by atoms with E-state index >= 15 is 0 Å². The zero-order valence-electron chi connectivity index (χ0n) is 6.98. The molecule has 0 fully saturated rings. The molecule has 0 spiro atoms. The Morgan fingerprint density at radius 2 is 2.10 bits per heavy atom. The average Bonchev–Trinajstić information content (AvgIpc) is 1.89. The van der Waals surface area contributed by atoms with E-state index in [1.54, 1.807) is 0 Å². The molecule has 2 unspecified atom stereocenters. The molecule has 3 heteroatoms. The molecule has 0 aliphatic carbocycles. The lowest BCUT2D eigenvalue weighted by Crippen LogP contribution is -2.23. The van der Waals surface area contributed by atoms with E-state index in [0.717, 1.165) is 19.3 Å². The molecule has 0 saturated heterocycles. The van der Waals surface area contributed by atoms with Crippen molar-refractivity contribution in [3.8, 4) is 0 Å². The summed E-state index contributed by atoms with van der Waals surface area (Å²) in [5.74, 6) is 0. The molecule has 62 valence electrons. The van der Waals surface area contributed by atoms with Gasteiger partial charge in [0.1, 0.15) is 0 Å². The van der Waals surface area contributed by atoms with Crippen LogP contribution in [-0.4, -0.2) is 10.5 Å². The van der Waals surface area contributed by atoms with Gasteiger partial charge in [0.2, 0.25) is 0 Å². The van der Waals surface area contributed by atoms with Crippen molar-refractivity contribution in [1.82, 2.24) is 0 Å². The smallest absolute Gasteiger partial charge is 0.152 e. The first-order chi connectivity index (χ1) is 4.68. The lowest BCUT2D eigenvalue weighted by Gasteiger charge is -2.26. The second kappa shape index (κ2) is 5.06. The largest absolute Gasteiger partial charge is 0.352 e. The first-order valence-electron chi connectivity index (χ1n) is 3.75. The summed E-state index contributed by atoms with van der Waals surface area (Å²) in [6.07, 6.45) is 3.10. The lowest BCUT2D eigenvalue weighted by atomic mass is 9.98. The zero-order chi connectivity index (χ0) is 8.04. The summed E-state index contributed by atoms with van der Waals surface area (Å²) in [7, 11) is -0.374. The SMILES string of the molecule is CCCC(C)(CC)OPO. The summed E-state index contributed by atoms with van der Waals surface area (Å²) in [5, 5.41) is 0. The highest BCUT2D eigenvalue weighted by Crippen LogP contribution is 2.27. The van der Waals surface area contributed by atoms with Crippen LogP contribution in [0.2, 0.25) is 0 Å². The van der Waals surface area contributed by atoms with Gasteiger partial charge in [0, 0.05) is 0 Å². The summed E-state index contributed by atoms with van der Waals surface area (Å²) in [6.45, 7) is 6.24. The minimum absolute atomic E-state index is 0.0953. The molecule has 0 aliphatic rings. The van der Waals surface area contributed by atoms with E-state index in [-0.39, 0.29) is 14.6 Å². The van der Waals surface area contributed by atoms with E-state index < -0.39 is 0 Å². The van der Waals surface area contributed by atoms with Gasteiger partial charge >= 0.3 is 0 Å².